The predicted octanol–water partition coefficient (Wildman–Crippen LogP) is 8.20. The average Bonchev–Trinajstić information content (AvgIpc) is 3.57. The van der Waals surface area contributed by atoms with Gasteiger partial charge >= 0.3 is 6.18 Å². The van der Waals surface area contributed by atoms with Gasteiger partial charge in [0.1, 0.15) is 6.04 Å². The van der Waals surface area contributed by atoms with Crippen molar-refractivity contribution in [3.05, 3.63) is 107 Å². The molecule has 1 N–H and O–H groups in total. The van der Waals surface area contributed by atoms with Gasteiger partial charge in [-0.1, -0.05) is 37.6 Å². The molecular weight excluding hydrogens is 579 g/mol. The van der Waals surface area contributed by atoms with E-state index in [2.05, 4.69) is 29.0 Å². The monoisotopic (exact) mass is 609 g/mol. The number of rotatable bonds is 5. The van der Waals surface area contributed by atoms with Crippen molar-refractivity contribution in [2.24, 2.45) is 11.8 Å². The molecule has 0 bridgehead atoms. The number of hydrogen-bond donors (Lipinski definition) is 1. The van der Waals surface area contributed by atoms with E-state index in [1.165, 1.54) is 12.5 Å². The van der Waals surface area contributed by atoms with E-state index in [4.69, 9.17) is 23.8 Å². The molecule has 4 aromatic rings. The zero-order valence-corrected chi connectivity index (χ0v) is 24.8. The van der Waals surface area contributed by atoms with Gasteiger partial charge in [-0.3, -0.25) is 4.98 Å². The zero-order chi connectivity index (χ0) is 29.6. The lowest BCUT2D eigenvalue weighted by Crippen LogP contribution is -2.38. The van der Waals surface area contributed by atoms with E-state index in [1.807, 2.05) is 53.4 Å². The lowest BCUT2D eigenvalue weighted by atomic mass is 9.91. The number of alkyl halides is 3. The first kappa shape index (κ1) is 28.6. The summed E-state index contributed by atoms with van der Waals surface area (Å²) < 4.78 is 42.6. The summed E-state index contributed by atoms with van der Waals surface area (Å²) in [6.07, 6.45) is 0.235. The average molecular weight is 610 g/mol. The molecule has 2 saturated heterocycles. The number of piperidine rings is 1. The van der Waals surface area contributed by atoms with Crippen LogP contribution in [0, 0.1) is 11.8 Å². The number of hydrogen-bond acceptors (Lipinski definition) is 3. The number of nitrogens with zero attached hydrogens (tertiary/aromatic N) is 4. The van der Waals surface area contributed by atoms with Crippen LogP contribution in [0.5, 0.6) is 0 Å². The number of pyridine rings is 1. The minimum atomic E-state index is -4.45. The van der Waals surface area contributed by atoms with E-state index in [9.17, 15) is 13.2 Å². The molecule has 2 fully saturated rings. The fourth-order valence-electron chi connectivity index (χ4n) is 6.40. The van der Waals surface area contributed by atoms with Crippen molar-refractivity contribution in [1.29, 1.82) is 0 Å². The Hall–Kier alpha value is -3.56. The Morgan fingerprint density at radius 2 is 1.71 bits per heavy atom. The Labute approximate surface area is 253 Å². The van der Waals surface area contributed by atoms with Gasteiger partial charge in [-0.2, -0.15) is 13.2 Å². The molecule has 6 rings (SSSR count). The maximum absolute atomic E-state index is 13.6. The van der Waals surface area contributed by atoms with E-state index in [0.717, 1.165) is 48.0 Å². The molecule has 0 saturated carbocycles. The van der Waals surface area contributed by atoms with Crippen LogP contribution in [-0.2, 0) is 6.18 Å². The molecule has 2 aromatic carbocycles. The van der Waals surface area contributed by atoms with Crippen LogP contribution < -0.4 is 15.1 Å². The summed E-state index contributed by atoms with van der Waals surface area (Å²) in [6, 6.07) is 20.0. The molecule has 0 unspecified atom stereocenters. The predicted molar refractivity (Wildman–Crippen MR) is 165 cm³/mol. The number of aromatic nitrogens is 2. The highest BCUT2D eigenvalue weighted by Crippen LogP contribution is 2.44. The largest absolute Gasteiger partial charge is 0.416 e. The normalized spacial score (nSPS) is 22.9. The first-order valence-corrected chi connectivity index (χ1v) is 14.8. The van der Waals surface area contributed by atoms with Gasteiger partial charge in [0, 0.05) is 42.6 Å². The van der Waals surface area contributed by atoms with Gasteiger partial charge in [0.2, 0.25) is 0 Å². The maximum atomic E-state index is 13.6. The molecule has 2 aromatic heterocycles. The van der Waals surface area contributed by atoms with E-state index >= 15 is 0 Å². The highest BCUT2D eigenvalue weighted by molar-refractivity contribution is 7.80. The summed E-state index contributed by atoms with van der Waals surface area (Å²) in [5.41, 5.74) is 3.01. The van der Waals surface area contributed by atoms with Crippen molar-refractivity contribution in [3.63, 3.8) is 0 Å². The molecule has 0 amide bonds. The van der Waals surface area contributed by atoms with Crippen LogP contribution in [0.25, 0.3) is 5.69 Å². The minimum absolute atomic E-state index is 0.361. The second-order valence-electron chi connectivity index (χ2n) is 11.3. The van der Waals surface area contributed by atoms with Crippen LogP contribution in [0.15, 0.2) is 85.2 Å². The third-order valence-electron chi connectivity index (χ3n) is 8.05. The Bertz CT molecular complexity index is 1580. The number of anilines is 2. The Morgan fingerprint density at radius 1 is 0.929 bits per heavy atom. The molecule has 5 nitrogen and oxygen atoms in total. The molecule has 42 heavy (non-hydrogen) atoms. The second-order valence-corrected chi connectivity index (χ2v) is 12.1. The smallest absolute Gasteiger partial charge is 0.370 e. The summed E-state index contributed by atoms with van der Waals surface area (Å²) in [6.45, 7) is 6.42. The topological polar surface area (TPSA) is 36.3 Å². The van der Waals surface area contributed by atoms with Crippen LogP contribution in [-0.4, -0.2) is 27.8 Å². The highest BCUT2D eigenvalue weighted by atomic mass is 35.5. The lowest BCUT2D eigenvalue weighted by Gasteiger charge is -2.37. The van der Waals surface area contributed by atoms with Gasteiger partial charge in [0.25, 0.3) is 0 Å². The molecular formula is C32H31ClF3N5S. The van der Waals surface area contributed by atoms with Gasteiger partial charge in [-0.05, 0) is 91.1 Å². The van der Waals surface area contributed by atoms with Crippen LogP contribution >= 0.6 is 23.8 Å². The lowest BCUT2D eigenvalue weighted by molar-refractivity contribution is -0.137. The van der Waals surface area contributed by atoms with Crippen molar-refractivity contribution >= 4 is 40.3 Å². The molecule has 4 heterocycles. The summed E-state index contributed by atoms with van der Waals surface area (Å²) in [4.78, 5) is 8.94. The molecule has 4 atom stereocenters. The SMILES string of the molecule is C[C@@H]1C[C@H](C)CN(c2ccc(N3C(=S)N[C@H](c4ccccn4)[C@H]3c3cccn3-c3cccc(C(F)(F)F)c3)cc2Cl)C1. The van der Waals surface area contributed by atoms with Crippen LogP contribution in [0.3, 0.4) is 0 Å². The standard InChI is InChI=1S/C32H31ClF3N5S/c1-20-15-21(2)19-39(18-20)27-12-11-24(17-25(27)33)41-30(29(38-31(41)42)26-9-3-4-13-37-26)28-10-6-14-40(28)23-8-5-7-22(16-23)32(34,35)36/h3-14,16-17,20-21,29-30H,15,18-19H2,1-2H3,(H,38,42)/t20-,21+,29-,30-/m1/s1. The summed E-state index contributed by atoms with van der Waals surface area (Å²) in [7, 11) is 0. The molecule has 0 aliphatic carbocycles. The van der Waals surface area contributed by atoms with Crippen LogP contribution in [0.1, 0.15) is 49.3 Å². The molecule has 2 aliphatic rings. The molecule has 10 heteroatoms. The Morgan fingerprint density at radius 3 is 2.40 bits per heavy atom. The number of nitrogens with one attached hydrogen (secondary N) is 1. The highest BCUT2D eigenvalue weighted by Gasteiger charge is 2.42. The molecule has 218 valence electrons. The summed E-state index contributed by atoms with van der Waals surface area (Å²) >= 11 is 12.8. The minimum Gasteiger partial charge on any atom is -0.370 e. The van der Waals surface area contributed by atoms with Crippen molar-refractivity contribution < 1.29 is 13.2 Å². The van der Waals surface area contributed by atoms with E-state index in [1.54, 1.807) is 23.0 Å². The number of thiocarbonyl (C=S) groups is 1. The van der Waals surface area contributed by atoms with Gasteiger partial charge in [-0.25, -0.2) is 0 Å². The third-order valence-corrected chi connectivity index (χ3v) is 8.67. The third kappa shape index (κ3) is 5.47. The van der Waals surface area contributed by atoms with Crippen LogP contribution in [0.2, 0.25) is 5.02 Å². The second kappa shape index (κ2) is 11.3. The van der Waals surface area contributed by atoms with Crippen LogP contribution in [0.4, 0.5) is 24.5 Å². The van der Waals surface area contributed by atoms with Crippen molar-refractivity contribution in [2.45, 2.75) is 38.5 Å². The Balaban J connectivity index is 1.43. The van der Waals surface area contributed by atoms with Gasteiger partial charge in [0.05, 0.1) is 28.0 Å². The van der Waals surface area contributed by atoms with E-state index in [0.29, 0.717) is 27.7 Å². The van der Waals surface area contributed by atoms with Crippen molar-refractivity contribution in [2.75, 3.05) is 22.9 Å². The Kier molecular flexibility index (Phi) is 7.66. The number of halogens is 4. The first-order chi connectivity index (χ1) is 20.1. The zero-order valence-electron chi connectivity index (χ0n) is 23.2. The number of benzene rings is 2. The molecule has 0 radical (unpaired) electrons. The van der Waals surface area contributed by atoms with Crippen molar-refractivity contribution in [1.82, 2.24) is 14.9 Å². The maximum Gasteiger partial charge on any atom is 0.416 e. The van der Waals surface area contributed by atoms with Crippen molar-refractivity contribution in [3.8, 4) is 5.69 Å². The summed E-state index contributed by atoms with van der Waals surface area (Å²) in [5.74, 6) is 1.15. The quantitative estimate of drug-likeness (QED) is 0.231. The van der Waals surface area contributed by atoms with Gasteiger partial charge in [-0.15, -0.1) is 0 Å². The fourth-order valence-corrected chi connectivity index (χ4v) is 7.04. The fraction of sp³-hybridized carbons (Fsp3) is 0.312. The van der Waals surface area contributed by atoms with E-state index in [-0.39, 0.29) is 6.04 Å². The van der Waals surface area contributed by atoms with Gasteiger partial charge < -0.3 is 19.7 Å². The first-order valence-electron chi connectivity index (χ1n) is 14.0. The summed E-state index contributed by atoms with van der Waals surface area (Å²) in [5, 5.41) is 4.54. The van der Waals surface area contributed by atoms with Gasteiger partial charge in [0.15, 0.2) is 5.11 Å². The molecule has 0 spiro atoms. The van der Waals surface area contributed by atoms with E-state index < -0.39 is 17.8 Å². The molecule has 2 aliphatic heterocycles.